The predicted molar refractivity (Wildman–Crippen MR) is 130 cm³/mol. The highest BCUT2D eigenvalue weighted by molar-refractivity contribution is 5.99. The Morgan fingerprint density at radius 2 is 2.00 bits per heavy atom. The molecule has 0 unspecified atom stereocenters. The van der Waals surface area contributed by atoms with Crippen LogP contribution in [0.3, 0.4) is 0 Å². The molecule has 2 aromatic heterocycles. The third kappa shape index (κ3) is 3.26. The van der Waals surface area contributed by atoms with Gasteiger partial charge in [0.05, 0.1) is 17.2 Å². The first kappa shape index (κ1) is 21.1. The van der Waals surface area contributed by atoms with Gasteiger partial charge in [-0.15, -0.1) is 0 Å². The summed E-state index contributed by atoms with van der Waals surface area (Å²) in [7, 11) is 0. The molecule has 7 heteroatoms. The molecule has 0 aliphatic carbocycles. The lowest BCUT2D eigenvalue weighted by atomic mass is 9.99. The number of rotatable bonds is 3. The summed E-state index contributed by atoms with van der Waals surface area (Å²) >= 11 is 0. The minimum atomic E-state index is -0.193. The monoisotopic (exact) mass is 456 g/mol. The van der Waals surface area contributed by atoms with Gasteiger partial charge in [0.15, 0.2) is 0 Å². The van der Waals surface area contributed by atoms with E-state index in [0.29, 0.717) is 42.9 Å². The van der Waals surface area contributed by atoms with Crippen molar-refractivity contribution in [2.75, 3.05) is 13.2 Å². The van der Waals surface area contributed by atoms with Gasteiger partial charge in [-0.25, -0.2) is 4.98 Å². The third-order valence-corrected chi connectivity index (χ3v) is 7.42. The van der Waals surface area contributed by atoms with Gasteiger partial charge in [0.1, 0.15) is 11.3 Å². The van der Waals surface area contributed by atoms with E-state index in [1.165, 1.54) is 16.7 Å². The molecule has 4 aromatic rings. The number of fused-ring (bicyclic) bond motifs is 4. The molecule has 2 aliphatic heterocycles. The quantitative estimate of drug-likeness (QED) is 0.503. The van der Waals surface area contributed by atoms with E-state index in [1.54, 1.807) is 6.20 Å². The molecule has 2 aromatic carbocycles. The van der Waals surface area contributed by atoms with E-state index < -0.39 is 0 Å². The third-order valence-electron chi connectivity index (χ3n) is 7.42. The Balaban J connectivity index is 1.43. The predicted octanol–water partition coefficient (Wildman–Crippen LogP) is 4.10. The standard InChI is InChI=1S/C27H28N4O3/c1-3-17-5-4-6-19-14-30(15-21(17)19)27(33)20-12-22-23(11-16(20)2)31-24(26(32)29-22)13-28-25(31)18-7-9-34-10-8-18/h4-6,11-13,18H,3,7-10,14-15H2,1-2H3,(H,29,32). The summed E-state index contributed by atoms with van der Waals surface area (Å²) in [5.74, 6) is 1.14. The molecule has 1 amide bonds. The van der Waals surface area contributed by atoms with Gasteiger partial charge in [-0.2, -0.15) is 0 Å². The normalized spacial score (nSPS) is 16.5. The Hall–Kier alpha value is -3.45. The molecule has 0 saturated carbocycles. The number of aromatic amines is 1. The fourth-order valence-corrected chi connectivity index (χ4v) is 5.55. The zero-order valence-corrected chi connectivity index (χ0v) is 19.6. The largest absolute Gasteiger partial charge is 0.381 e. The molecule has 1 fully saturated rings. The van der Waals surface area contributed by atoms with Crippen LogP contribution >= 0.6 is 0 Å². The number of imidazole rings is 1. The second-order valence-electron chi connectivity index (χ2n) is 9.43. The SMILES string of the molecule is CCc1cccc2c1CN(C(=O)c1cc3[nH]c(=O)c4cnc(C5CCOCC5)n4c3cc1C)C2. The van der Waals surface area contributed by atoms with E-state index in [9.17, 15) is 9.59 Å². The summed E-state index contributed by atoms with van der Waals surface area (Å²) < 4.78 is 7.50. The molecule has 174 valence electrons. The zero-order valence-electron chi connectivity index (χ0n) is 19.6. The van der Waals surface area contributed by atoms with Crippen molar-refractivity contribution in [1.29, 1.82) is 0 Å². The van der Waals surface area contributed by atoms with E-state index in [1.807, 2.05) is 28.4 Å². The molecule has 34 heavy (non-hydrogen) atoms. The van der Waals surface area contributed by atoms with E-state index in [2.05, 4.69) is 35.1 Å². The maximum absolute atomic E-state index is 13.6. The molecular formula is C27H28N4O3. The summed E-state index contributed by atoms with van der Waals surface area (Å²) in [5, 5.41) is 0. The minimum absolute atomic E-state index is 0.00566. The Morgan fingerprint density at radius 3 is 2.79 bits per heavy atom. The number of H-pyrrole nitrogens is 1. The van der Waals surface area contributed by atoms with Crippen molar-refractivity contribution in [2.45, 2.75) is 52.1 Å². The molecule has 2 aliphatic rings. The number of nitrogens with zero attached hydrogens (tertiary/aromatic N) is 3. The van der Waals surface area contributed by atoms with Crippen molar-refractivity contribution in [1.82, 2.24) is 19.3 Å². The van der Waals surface area contributed by atoms with Gasteiger partial charge in [-0.3, -0.25) is 14.0 Å². The van der Waals surface area contributed by atoms with E-state index >= 15 is 0 Å². The Morgan fingerprint density at radius 1 is 1.18 bits per heavy atom. The number of hydrogen-bond donors (Lipinski definition) is 1. The van der Waals surface area contributed by atoms with Crippen LogP contribution in [0.15, 0.2) is 41.3 Å². The molecule has 4 heterocycles. The zero-order chi connectivity index (χ0) is 23.4. The number of carbonyl (C=O) groups excluding carboxylic acids is 1. The first-order valence-electron chi connectivity index (χ1n) is 12.1. The van der Waals surface area contributed by atoms with Crippen LogP contribution in [-0.4, -0.2) is 38.4 Å². The number of ether oxygens (including phenoxy) is 1. The molecule has 0 bridgehead atoms. The van der Waals surface area contributed by atoms with Gasteiger partial charge in [0, 0.05) is 37.8 Å². The van der Waals surface area contributed by atoms with Gasteiger partial charge in [0.25, 0.3) is 11.5 Å². The van der Waals surface area contributed by atoms with Crippen LogP contribution in [0.25, 0.3) is 16.6 Å². The molecule has 0 radical (unpaired) electrons. The number of carbonyl (C=O) groups is 1. The van der Waals surface area contributed by atoms with Crippen LogP contribution in [-0.2, 0) is 24.2 Å². The highest BCUT2D eigenvalue weighted by Gasteiger charge is 2.28. The van der Waals surface area contributed by atoms with Gasteiger partial charge in [-0.05, 0) is 60.6 Å². The van der Waals surface area contributed by atoms with Crippen molar-refractivity contribution in [2.24, 2.45) is 0 Å². The highest BCUT2D eigenvalue weighted by atomic mass is 16.5. The summed E-state index contributed by atoms with van der Waals surface area (Å²) in [6.07, 6.45) is 4.39. The number of nitrogens with one attached hydrogen (secondary N) is 1. The Bertz CT molecular complexity index is 1490. The molecule has 7 nitrogen and oxygen atoms in total. The van der Waals surface area contributed by atoms with Gasteiger partial charge in [0.2, 0.25) is 0 Å². The number of amides is 1. The maximum Gasteiger partial charge on any atom is 0.274 e. The first-order valence-corrected chi connectivity index (χ1v) is 12.1. The molecular weight excluding hydrogens is 428 g/mol. The van der Waals surface area contributed by atoms with Crippen molar-refractivity contribution in [3.05, 3.63) is 80.5 Å². The van der Waals surface area contributed by atoms with Crippen molar-refractivity contribution in [3.63, 3.8) is 0 Å². The van der Waals surface area contributed by atoms with Crippen molar-refractivity contribution >= 4 is 22.5 Å². The van der Waals surface area contributed by atoms with Crippen LogP contribution in [0.5, 0.6) is 0 Å². The van der Waals surface area contributed by atoms with Crippen LogP contribution in [0.1, 0.15) is 64.1 Å². The summed E-state index contributed by atoms with van der Waals surface area (Å²) in [5.41, 5.74) is 7.19. The fraction of sp³-hybridized carbons (Fsp3) is 0.370. The average Bonchev–Trinajstić information content (AvgIpc) is 3.50. The topological polar surface area (TPSA) is 79.7 Å². The van der Waals surface area contributed by atoms with Crippen LogP contribution in [0, 0.1) is 6.92 Å². The van der Waals surface area contributed by atoms with E-state index in [-0.39, 0.29) is 17.4 Å². The molecule has 0 atom stereocenters. The van der Waals surface area contributed by atoms with Gasteiger partial charge < -0.3 is 14.6 Å². The lowest BCUT2D eigenvalue weighted by Crippen LogP contribution is -2.26. The number of hydrogen-bond acceptors (Lipinski definition) is 4. The smallest absolute Gasteiger partial charge is 0.274 e. The van der Waals surface area contributed by atoms with Crippen LogP contribution in [0.4, 0.5) is 0 Å². The minimum Gasteiger partial charge on any atom is -0.381 e. The van der Waals surface area contributed by atoms with E-state index in [0.717, 1.165) is 36.2 Å². The van der Waals surface area contributed by atoms with Gasteiger partial charge >= 0.3 is 0 Å². The summed E-state index contributed by atoms with van der Waals surface area (Å²) in [6, 6.07) is 10.2. The Labute approximate surface area is 197 Å². The maximum atomic E-state index is 13.6. The Kier molecular flexibility index (Phi) is 5.03. The molecule has 6 rings (SSSR count). The number of aryl methyl sites for hydroxylation is 2. The van der Waals surface area contributed by atoms with Gasteiger partial charge in [-0.1, -0.05) is 25.1 Å². The average molecular weight is 457 g/mol. The molecule has 0 spiro atoms. The first-order chi connectivity index (χ1) is 16.5. The van der Waals surface area contributed by atoms with E-state index in [4.69, 9.17) is 4.74 Å². The highest BCUT2D eigenvalue weighted by Crippen LogP contribution is 2.31. The fourth-order valence-electron chi connectivity index (χ4n) is 5.55. The number of benzene rings is 2. The lowest BCUT2D eigenvalue weighted by Gasteiger charge is -2.22. The molecule has 1 N–H and O–H groups in total. The molecule has 1 saturated heterocycles. The van der Waals surface area contributed by atoms with Crippen molar-refractivity contribution < 1.29 is 9.53 Å². The van der Waals surface area contributed by atoms with Crippen LogP contribution < -0.4 is 5.56 Å². The second-order valence-corrected chi connectivity index (χ2v) is 9.43. The number of aromatic nitrogens is 3. The lowest BCUT2D eigenvalue weighted by molar-refractivity contribution is 0.0750. The van der Waals surface area contributed by atoms with Crippen molar-refractivity contribution in [3.8, 4) is 0 Å². The second kappa shape index (κ2) is 8.09. The summed E-state index contributed by atoms with van der Waals surface area (Å²) in [4.78, 5) is 36.0. The van der Waals surface area contributed by atoms with Crippen LogP contribution in [0.2, 0.25) is 0 Å². The summed E-state index contributed by atoms with van der Waals surface area (Å²) in [6.45, 7) is 6.77.